The summed E-state index contributed by atoms with van der Waals surface area (Å²) in [7, 11) is 0. The average molecular weight is 549 g/mol. The maximum atomic E-state index is 6.91. The normalized spacial score (nSPS) is 13.6. The molecule has 202 valence electrons. The number of rotatable bonds is 2. The second-order valence-electron chi connectivity index (χ2n) is 11.7. The lowest BCUT2D eigenvalue weighted by Gasteiger charge is -2.40. The van der Waals surface area contributed by atoms with Crippen LogP contribution in [0.1, 0.15) is 27.8 Å². The van der Waals surface area contributed by atoms with Crippen molar-refractivity contribution in [2.24, 2.45) is 0 Å². The molecule has 1 heteroatoms. The minimum atomic E-state index is -0.457. The SMILES string of the molecule is Cc1cc(-c2ccc(-c3cccc4ccccc34)cc2)c2c(c1)C1(c3ccccc3O2)c2ccccc2-c2ccccc21. The molecule has 0 unspecified atom stereocenters. The molecule has 1 spiro atoms. The summed E-state index contributed by atoms with van der Waals surface area (Å²) in [5.74, 6) is 1.85. The molecule has 0 amide bonds. The number of para-hydroxylation sites is 1. The van der Waals surface area contributed by atoms with Crippen molar-refractivity contribution in [2.45, 2.75) is 12.3 Å². The van der Waals surface area contributed by atoms with Crippen LogP contribution in [0.25, 0.3) is 44.2 Å². The van der Waals surface area contributed by atoms with Crippen LogP contribution in [0, 0.1) is 6.92 Å². The van der Waals surface area contributed by atoms with Crippen LogP contribution in [-0.2, 0) is 5.41 Å². The molecule has 0 saturated carbocycles. The fourth-order valence-electron chi connectivity index (χ4n) is 7.62. The molecule has 0 fully saturated rings. The first-order chi connectivity index (χ1) is 21.2. The van der Waals surface area contributed by atoms with Gasteiger partial charge in [0.25, 0.3) is 0 Å². The van der Waals surface area contributed by atoms with Gasteiger partial charge in [0.05, 0.1) is 5.41 Å². The average Bonchev–Trinajstić information content (AvgIpc) is 3.36. The van der Waals surface area contributed by atoms with Crippen molar-refractivity contribution in [3.05, 3.63) is 179 Å². The molecule has 1 aliphatic heterocycles. The fourth-order valence-corrected chi connectivity index (χ4v) is 7.62. The fraction of sp³-hybridized carbons (Fsp3) is 0.0476. The smallest absolute Gasteiger partial charge is 0.140 e. The van der Waals surface area contributed by atoms with Crippen LogP contribution in [0.15, 0.2) is 152 Å². The van der Waals surface area contributed by atoms with Gasteiger partial charge in [-0.1, -0.05) is 140 Å². The summed E-state index contributed by atoms with van der Waals surface area (Å²) in [6.07, 6.45) is 0. The quantitative estimate of drug-likeness (QED) is 0.209. The Morgan fingerprint density at radius 3 is 1.74 bits per heavy atom. The van der Waals surface area contributed by atoms with Gasteiger partial charge in [-0.05, 0) is 74.3 Å². The molecule has 0 saturated heterocycles. The predicted molar refractivity (Wildman–Crippen MR) is 177 cm³/mol. The van der Waals surface area contributed by atoms with E-state index in [1.165, 1.54) is 60.8 Å². The Morgan fingerprint density at radius 2 is 1.00 bits per heavy atom. The molecule has 2 aliphatic rings. The summed E-state index contributed by atoms with van der Waals surface area (Å²) >= 11 is 0. The molecule has 0 bridgehead atoms. The van der Waals surface area contributed by atoms with Gasteiger partial charge < -0.3 is 4.74 Å². The third-order valence-corrected chi connectivity index (χ3v) is 9.39. The number of benzene rings is 7. The number of aryl methyl sites for hydroxylation is 1. The Kier molecular flexibility index (Phi) is 5.10. The van der Waals surface area contributed by atoms with Crippen molar-refractivity contribution in [1.29, 1.82) is 0 Å². The van der Waals surface area contributed by atoms with Gasteiger partial charge in [-0.2, -0.15) is 0 Å². The van der Waals surface area contributed by atoms with E-state index >= 15 is 0 Å². The van der Waals surface area contributed by atoms with Crippen molar-refractivity contribution in [1.82, 2.24) is 0 Å². The topological polar surface area (TPSA) is 9.23 Å². The van der Waals surface area contributed by atoms with E-state index in [0.29, 0.717) is 0 Å². The molecular weight excluding hydrogens is 520 g/mol. The maximum absolute atomic E-state index is 6.91. The minimum absolute atomic E-state index is 0.457. The summed E-state index contributed by atoms with van der Waals surface area (Å²) in [5, 5.41) is 2.53. The zero-order chi connectivity index (χ0) is 28.5. The van der Waals surface area contributed by atoms with E-state index in [-0.39, 0.29) is 0 Å². The van der Waals surface area contributed by atoms with Crippen molar-refractivity contribution >= 4 is 10.8 Å². The van der Waals surface area contributed by atoms with Crippen LogP contribution in [0.4, 0.5) is 0 Å². The lowest BCUT2D eigenvalue weighted by atomic mass is 9.65. The summed E-state index contributed by atoms with van der Waals surface area (Å²) in [6.45, 7) is 2.20. The molecule has 0 aromatic heterocycles. The highest BCUT2D eigenvalue weighted by molar-refractivity contribution is 5.97. The summed E-state index contributed by atoms with van der Waals surface area (Å²) in [5.41, 5.74) is 13.1. The second-order valence-corrected chi connectivity index (χ2v) is 11.7. The molecule has 1 aliphatic carbocycles. The van der Waals surface area contributed by atoms with Crippen LogP contribution < -0.4 is 4.74 Å². The van der Waals surface area contributed by atoms with Crippen LogP contribution in [0.3, 0.4) is 0 Å². The molecule has 1 nitrogen and oxygen atoms in total. The molecule has 0 atom stereocenters. The van der Waals surface area contributed by atoms with Gasteiger partial charge in [0, 0.05) is 16.7 Å². The summed E-state index contributed by atoms with van der Waals surface area (Å²) < 4.78 is 6.91. The third-order valence-electron chi connectivity index (χ3n) is 9.39. The van der Waals surface area contributed by atoms with Gasteiger partial charge in [-0.25, -0.2) is 0 Å². The number of hydrogen-bond donors (Lipinski definition) is 0. The maximum Gasteiger partial charge on any atom is 0.140 e. The molecule has 1 heterocycles. The van der Waals surface area contributed by atoms with E-state index < -0.39 is 5.41 Å². The molecule has 7 aromatic rings. The Hall–Kier alpha value is -5.40. The van der Waals surface area contributed by atoms with Crippen LogP contribution >= 0.6 is 0 Å². The zero-order valence-electron chi connectivity index (χ0n) is 23.8. The predicted octanol–water partition coefficient (Wildman–Crippen LogP) is 11.0. The van der Waals surface area contributed by atoms with E-state index in [0.717, 1.165) is 22.6 Å². The molecule has 9 rings (SSSR count). The van der Waals surface area contributed by atoms with E-state index in [1.54, 1.807) is 0 Å². The van der Waals surface area contributed by atoms with Crippen molar-refractivity contribution in [2.75, 3.05) is 0 Å². The van der Waals surface area contributed by atoms with Gasteiger partial charge >= 0.3 is 0 Å². The Bertz CT molecular complexity index is 2170. The van der Waals surface area contributed by atoms with Crippen molar-refractivity contribution < 1.29 is 4.74 Å². The van der Waals surface area contributed by atoms with Gasteiger partial charge in [0.2, 0.25) is 0 Å². The minimum Gasteiger partial charge on any atom is -0.456 e. The van der Waals surface area contributed by atoms with Gasteiger partial charge in [-0.15, -0.1) is 0 Å². The highest BCUT2D eigenvalue weighted by Gasteiger charge is 2.51. The number of ether oxygens (including phenoxy) is 1. The molecule has 43 heavy (non-hydrogen) atoms. The number of fused-ring (bicyclic) bond motifs is 10. The Balaban J connectivity index is 1.29. The molecule has 7 aromatic carbocycles. The molecular formula is C42H28O. The van der Waals surface area contributed by atoms with Crippen LogP contribution in [0.5, 0.6) is 11.5 Å². The largest absolute Gasteiger partial charge is 0.456 e. The van der Waals surface area contributed by atoms with Crippen LogP contribution in [-0.4, -0.2) is 0 Å². The summed E-state index contributed by atoms with van der Waals surface area (Å²) in [4.78, 5) is 0. The van der Waals surface area contributed by atoms with E-state index in [2.05, 4.69) is 159 Å². The lowest BCUT2D eigenvalue weighted by molar-refractivity contribution is 0.438. The number of hydrogen-bond acceptors (Lipinski definition) is 1. The van der Waals surface area contributed by atoms with Gasteiger partial charge in [-0.3, -0.25) is 0 Å². The third kappa shape index (κ3) is 3.34. The van der Waals surface area contributed by atoms with E-state index in [4.69, 9.17) is 4.74 Å². The summed E-state index contributed by atoms with van der Waals surface area (Å²) in [6, 6.07) is 55.1. The standard InChI is InChI=1S/C42H28O/c1-27-25-35(30-23-21-29(22-24-30)32-16-10-12-28-11-2-3-13-31(28)32)41-39(26-27)42(38-19-8-9-20-40(38)43-41)36-17-6-4-14-33(36)34-15-5-7-18-37(34)42/h2-26H,1H3. The van der Waals surface area contributed by atoms with E-state index in [1.807, 2.05) is 0 Å². The first-order valence-electron chi connectivity index (χ1n) is 14.9. The van der Waals surface area contributed by atoms with Crippen molar-refractivity contribution in [3.63, 3.8) is 0 Å². The van der Waals surface area contributed by atoms with Gasteiger partial charge in [0.15, 0.2) is 0 Å². The van der Waals surface area contributed by atoms with Gasteiger partial charge in [0.1, 0.15) is 11.5 Å². The van der Waals surface area contributed by atoms with Crippen LogP contribution in [0.2, 0.25) is 0 Å². The highest BCUT2D eigenvalue weighted by Crippen LogP contribution is 2.63. The highest BCUT2D eigenvalue weighted by atomic mass is 16.5. The lowest BCUT2D eigenvalue weighted by Crippen LogP contribution is -2.32. The Labute approximate surface area is 251 Å². The molecule has 0 radical (unpaired) electrons. The first-order valence-corrected chi connectivity index (χ1v) is 14.9. The first kappa shape index (κ1) is 24.2. The second kappa shape index (κ2) is 9.05. The van der Waals surface area contributed by atoms with Crippen molar-refractivity contribution in [3.8, 4) is 44.9 Å². The zero-order valence-corrected chi connectivity index (χ0v) is 23.8. The monoisotopic (exact) mass is 548 g/mol. The molecule has 0 N–H and O–H groups in total. The Morgan fingerprint density at radius 1 is 0.442 bits per heavy atom. The van der Waals surface area contributed by atoms with E-state index in [9.17, 15) is 0 Å².